The fourth-order valence-corrected chi connectivity index (χ4v) is 0.0920. The van der Waals surface area contributed by atoms with Gasteiger partial charge in [-0.15, -0.1) is 0 Å². The third-order valence-electron chi connectivity index (χ3n) is 0.225. The summed E-state index contributed by atoms with van der Waals surface area (Å²) >= 11 is 0. The van der Waals surface area contributed by atoms with Crippen molar-refractivity contribution in [1.82, 2.24) is 0 Å². The molecule has 2 N–H and O–H groups in total. The lowest BCUT2D eigenvalue weighted by molar-refractivity contribution is 0.260. The smallest absolute Gasteiger partial charge is 0.402 e. The minimum atomic E-state index is -3.13. The van der Waals surface area contributed by atoms with Crippen LogP contribution in [-0.2, 0) is 4.57 Å². The number of hydrogen-bond donors (Lipinski definition) is 2. The molecular formula is H2B2F2O3. The summed E-state index contributed by atoms with van der Waals surface area (Å²) < 4.78 is 24.5. The monoisotopic (exact) mass is 110 g/mol. The van der Waals surface area contributed by atoms with Crippen LogP contribution in [0.25, 0.3) is 0 Å². The Morgan fingerprint density at radius 2 is 1.71 bits per heavy atom. The average Bonchev–Trinajstić information content (AvgIpc) is 1.27. The van der Waals surface area contributed by atoms with Gasteiger partial charge in [-0.2, -0.15) is 0 Å². The molecule has 7 heavy (non-hydrogen) atoms. The molecule has 7 heteroatoms. The van der Waals surface area contributed by atoms with Crippen LogP contribution >= 0.6 is 0 Å². The molecule has 0 aliphatic heterocycles. The standard InChI is InChI=1S/B2F2H2O3/c3-1(4)7-2(5)6/h5-6H. The molecule has 0 aromatic rings. The zero-order valence-corrected chi connectivity index (χ0v) is 3.21. The molecule has 0 bridgehead atoms. The summed E-state index contributed by atoms with van der Waals surface area (Å²) in [6, 6.07) is 0. The summed E-state index contributed by atoms with van der Waals surface area (Å²) in [5.74, 6) is 0. The molecule has 0 saturated carbocycles. The maximum atomic E-state index is 10.7. The van der Waals surface area contributed by atoms with Crippen molar-refractivity contribution in [3.8, 4) is 0 Å². The molecule has 40 valence electrons. The van der Waals surface area contributed by atoms with Crippen LogP contribution < -0.4 is 0 Å². The van der Waals surface area contributed by atoms with Crippen molar-refractivity contribution in [2.24, 2.45) is 0 Å². The molecule has 0 atom stereocenters. The first-order valence-electron chi connectivity index (χ1n) is 1.42. The van der Waals surface area contributed by atoms with E-state index in [0.29, 0.717) is 0 Å². The van der Waals surface area contributed by atoms with E-state index in [2.05, 4.69) is 4.57 Å². The lowest BCUT2D eigenvalue weighted by Crippen LogP contribution is -2.22. The quantitative estimate of drug-likeness (QED) is 0.443. The van der Waals surface area contributed by atoms with Crippen molar-refractivity contribution in [2.75, 3.05) is 0 Å². The first-order chi connectivity index (χ1) is 3.13. The fourth-order valence-electron chi connectivity index (χ4n) is 0.0920. The Balaban J connectivity index is 2.95. The SMILES string of the molecule is OB(O)OB(F)F. The third kappa shape index (κ3) is 5.87. The predicted molar refractivity (Wildman–Crippen MR) is 19.2 cm³/mol. The molecule has 0 rings (SSSR count). The van der Waals surface area contributed by atoms with Crippen LogP contribution in [-0.4, -0.2) is 24.8 Å². The molecule has 3 nitrogen and oxygen atoms in total. The molecule has 0 fully saturated rings. The normalized spacial score (nSPS) is 8.57. The van der Waals surface area contributed by atoms with Crippen LogP contribution in [0.5, 0.6) is 0 Å². The highest BCUT2D eigenvalue weighted by atomic mass is 19.2. The molecule has 0 unspecified atom stereocenters. The summed E-state index contributed by atoms with van der Waals surface area (Å²) in [5, 5.41) is 15.2. The molecule has 0 spiro atoms. The van der Waals surface area contributed by atoms with Crippen molar-refractivity contribution in [3.05, 3.63) is 0 Å². The van der Waals surface area contributed by atoms with Gasteiger partial charge in [-0.3, -0.25) is 8.63 Å². The largest absolute Gasteiger partial charge is 0.709 e. The Kier molecular flexibility index (Phi) is 2.89. The lowest BCUT2D eigenvalue weighted by Gasteiger charge is -1.92. The van der Waals surface area contributed by atoms with E-state index in [9.17, 15) is 8.63 Å². The molecule has 0 aliphatic rings. The summed E-state index contributed by atoms with van der Waals surface area (Å²) in [7, 11) is -5.50. The fraction of sp³-hybridized carbons (Fsp3) is 0. The van der Waals surface area contributed by atoms with Crippen molar-refractivity contribution < 1.29 is 23.3 Å². The second-order valence-corrected chi connectivity index (χ2v) is 0.723. The summed E-state index contributed by atoms with van der Waals surface area (Å²) in [4.78, 5) is 0. The van der Waals surface area contributed by atoms with E-state index in [1.807, 2.05) is 0 Å². The van der Waals surface area contributed by atoms with Gasteiger partial charge < -0.3 is 14.6 Å². The number of halogens is 2. The topological polar surface area (TPSA) is 49.7 Å². The van der Waals surface area contributed by atoms with Crippen molar-refractivity contribution in [2.45, 2.75) is 0 Å². The van der Waals surface area contributed by atoms with E-state index in [1.54, 1.807) is 0 Å². The van der Waals surface area contributed by atoms with Gasteiger partial charge in [0, 0.05) is 0 Å². The molecule has 0 radical (unpaired) electrons. The van der Waals surface area contributed by atoms with Crippen molar-refractivity contribution in [3.63, 3.8) is 0 Å². The highest BCUT2D eigenvalue weighted by Crippen LogP contribution is 1.87. The van der Waals surface area contributed by atoms with Gasteiger partial charge in [-0.1, -0.05) is 0 Å². The van der Waals surface area contributed by atoms with Crippen molar-refractivity contribution in [1.29, 1.82) is 0 Å². The molecule has 0 aromatic carbocycles. The van der Waals surface area contributed by atoms with Gasteiger partial charge in [0.15, 0.2) is 0 Å². The van der Waals surface area contributed by atoms with E-state index in [0.717, 1.165) is 0 Å². The Labute approximate surface area is 39.3 Å². The summed E-state index contributed by atoms with van der Waals surface area (Å²) in [6.07, 6.45) is 0. The van der Waals surface area contributed by atoms with E-state index in [4.69, 9.17) is 10.0 Å². The third-order valence-corrected chi connectivity index (χ3v) is 0.225. The van der Waals surface area contributed by atoms with Crippen LogP contribution in [0.3, 0.4) is 0 Å². The van der Waals surface area contributed by atoms with Gasteiger partial charge >= 0.3 is 14.8 Å². The Hall–Kier alpha value is -0.130. The van der Waals surface area contributed by atoms with E-state index in [-0.39, 0.29) is 0 Å². The van der Waals surface area contributed by atoms with Gasteiger partial charge in [-0.05, 0) is 0 Å². The van der Waals surface area contributed by atoms with Gasteiger partial charge in [0.1, 0.15) is 0 Å². The Morgan fingerprint density at radius 3 is 1.71 bits per heavy atom. The van der Waals surface area contributed by atoms with Gasteiger partial charge in [0.25, 0.3) is 0 Å². The summed E-state index contributed by atoms with van der Waals surface area (Å²) in [5.41, 5.74) is 0. The molecule has 0 aromatic heterocycles. The second-order valence-electron chi connectivity index (χ2n) is 0.723. The number of rotatable bonds is 2. The van der Waals surface area contributed by atoms with Crippen LogP contribution in [0, 0.1) is 0 Å². The maximum absolute atomic E-state index is 10.7. The molecule has 0 saturated heterocycles. The summed E-state index contributed by atoms with van der Waals surface area (Å²) in [6.45, 7) is 0. The highest BCUT2D eigenvalue weighted by Gasteiger charge is 2.22. The van der Waals surface area contributed by atoms with Gasteiger partial charge in [-0.25, -0.2) is 0 Å². The lowest BCUT2D eigenvalue weighted by atomic mass is 10.2. The first-order valence-corrected chi connectivity index (χ1v) is 1.42. The molecule has 0 aliphatic carbocycles. The van der Waals surface area contributed by atoms with Crippen molar-refractivity contribution >= 4 is 14.8 Å². The van der Waals surface area contributed by atoms with Gasteiger partial charge in [0.2, 0.25) is 0 Å². The minimum absolute atomic E-state index is 2.38. The predicted octanol–water partition coefficient (Wildman–Crippen LogP) is -1.10. The first kappa shape index (κ1) is 6.87. The van der Waals surface area contributed by atoms with Crippen LogP contribution in [0.1, 0.15) is 0 Å². The second kappa shape index (κ2) is 2.95. The van der Waals surface area contributed by atoms with Gasteiger partial charge in [0.05, 0.1) is 0 Å². The molecular weight excluding hydrogens is 108 g/mol. The molecule has 0 heterocycles. The molecule has 0 amide bonds. The maximum Gasteiger partial charge on any atom is 0.709 e. The zero-order chi connectivity index (χ0) is 5.86. The van der Waals surface area contributed by atoms with Crippen LogP contribution in [0.4, 0.5) is 8.63 Å². The zero-order valence-electron chi connectivity index (χ0n) is 3.21. The van der Waals surface area contributed by atoms with E-state index < -0.39 is 14.8 Å². The number of hydrogen-bond acceptors (Lipinski definition) is 3. The Morgan fingerprint density at radius 1 is 1.29 bits per heavy atom. The van der Waals surface area contributed by atoms with E-state index in [1.165, 1.54) is 0 Å². The van der Waals surface area contributed by atoms with Crippen LogP contribution in [0.15, 0.2) is 0 Å². The highest BCUT2D eigenvalue weighted by molar-refractivity contribution is 6.49. The minimum Gasteiger partial charge on any atom is -0.402 e. The Bertz CT molecular complexity index is 40.2. The average molecular weight is 110 g/mol. The van der Waals surface area contributed by atoms with Crippen LogP contribution in [0.2, 0.25) is 0 Å². The van der Waals surface area contributed by atoms with E-state index >= 15 is 0 Å².